The third-order valence-electron chi connectivity index (χ3n) is 2.30. The molecule has 0 radical (unpaired) electrons. The zero-order chi connectivity index (χ0) is 12.3. The first kappa shape index (κ1) is 12.8. The minimum Gasteiger partial charge on any atom is -0.396 e. The molecule has 0 spiro atoms. The number of hydrogen-bond donors (Lipinski definition) is 3. The second-order valence-electron chi connectivity index (χ2n) is 5.23. The maximum Gasteiger partial charge on any atom is 0.147 e. The van der Waals surface area contributed by atoms with E-state index in [1.807, 2.05) is 32.4 Å². The third-order valence-corrected chi connectivity index (χ3v) is 2.30. The van der Waals surface area contributed by atoms with Gasteiger partial charge in [-0.05, 0) is 13.8 Å². The van der Waals surface area contributed by atoms with Crippen molar-refractivity contribution in [1.29, 1.82) is 0 Å². The molecular weight excluding hydrogens is 204 g/mol. The second kappa shape index (κ2) is 4.74. The van der Waals surface area contributed by atoms with Gasteiger partial charge in [0.1, 0.15) is 5.82 Å². The predicted molar refractivity (Wildman–Crippen MR) is 66.3 cm³/mol. The lowest BCUT2D eigenvalue weighted by atomic mass is 9.95. The summed E-state index contributed by atoms with van der Waals surface area (Å²) in [5.41, 5.74) is 6.28. The van der Waals surface area contributed by atoms with Crippen molar-refractivity contribution in [2.75, 3.05) is 17.7 Å². The Bertz CT molecular complexity index is 344. The van der Waals surface area contributed by atoms with E-state index in [1.165, 1.54) is 0 Å². The highest BCUT2D eigenvalue weighted by Gasteiger charge is 2.20. The van der Waals surface area contributed by atoms with E-state index in [4.69, 9.17) is 5.73 Å². The van der Waals surface area contributed by atoms with Crippen LogP contribution in [0.5, 0.6) is 0 Å². The van der Waals surface area contributed by atoms with E-state index in [0.717, 1.165) is 5.82 Å². The van der Waals surface area contributed by atoms with Gasteiger partial charge in [-0.1, -0.05) is 13.8 Å². The van der Waals surface area contributed by atoms with E-state index in [0.29, 0.717) is 18.3 Å². The first-order valence-corrected chi connectivity index (χ1v) is 5.54. The average molecular weight is 226 g/mol. The molecular formula is C11H22N4O. The minimum atomic E-state index is -0.203. The summed E-state index contributed by atoms with van der Waals surface area (Å²) in [4.78, 5) is 0. The molecule has 4 N–H and O–H groups in total. The first-order valence-electron chi connectivity index (χ1n) is 5.54. The lowest BCUT2D eigenvalue weighted by Gasteiger charge is -2.23. The van der Waals surface area contributed by atoms with Crippen molar-refractivity contribution in [2.45, 2.75) is 40.3 Å². The molecule has 1 rings (SSSR count). The SMILES string of the molecule is CC(C)Nc1c(N)cnn1CC(C)(C)CO. The van der Waals surface area contributed by atoms with Crippen LogP contribution in [0.2, 0.25) is 0 Å². The largest absolute Gasteiger partial charge is 0.396 e. The van der Waals surface area contributed by atoms with Crippen LogP contribution >= 0.6 is 0 Å². The lowest BCUT2D eigenvalue weighted by Crippen LogP contribution is -2.26. The number of nitrogen functional groups attached to an aromatic ring is 1. The van der Waals surface area contributed by atoms with Gasteiger partial charge in [0.2, 0.25) is 0 Å². The second-order valence-corrected chi connectivity index (χ2v) is 5.23. The van der Waals surface area contributed by atoms with Gasteiger partial charge in [-0.3, -0.25) is 0 Å². The molecule has 0 bridgehead atoms. The summed E-state index contributed by atoms with van der Waals surface area (Å²) in [6, 6.07) is 0.301. The average Bonchev–Trinajstić information content (AvgIpc) is 2.49. The maximum atomic E-state index is 9.24. The standard InChI is InChI=1S/C11H22N4O/c1-8(2)14-10-9(12)5-13-15(10)6-11(3,4)7-16/h5,8,14,16H,6-7,12H2,1-4H3. The van der Waals surface area contributed by atoms with E-state index in [2.05, 4.69) is 10.4 Å². The Morgan fingerprint density at radius 1 is 1.56 bits per heavy atom. The van der Waals surface area contributed by atoms with E-state index in [1.54, 1.807) is 6.20 Å². The predicted octanol–water partition coefficient (Wildman–Crippen LogP) is 1.30. The number of aliphatic hydroxyl groups excluding tert-OH is 1. The third kappa shape index (κ3) is 3.13. The van der Waals surface area contributed by atoms with Crippen LogP contribution in [0.4, 0.5) is 11.5 Å². The number of nitrogens with two attached hydrogens (primary N) is 1. The molecule has 0 fully saturated rings. The smallest absolute Gasteiger partial charge is 0.147 e. The zero-order valence-corrected chi connectivity index (χ0v) is 10.5. The molecule has 0 unspecified atom stereocenters. The normalized spacial score (nSPS) is 12.1. The van der Waals surface area contributed by atoms with Crippen molar-refractivity contribution < 1.29 is 5.11 Å². The first-order chi connectivity index (χ1) is 7.35. The highest BCUT2D eigenvalue weighted by Crippen LogP contribution is 2.24. The molecule has 16 heavy (non-hydrogen) atoms. The van der Waals surface area contributed by atoms with Gasteiger partial charge in [-0.15, -0.1) is 0 Å². The molecule has 0 amide bonds. The molecule has 0 saturated heterocycles. The monoisotopic (exact) mass is 226 g/mol. The summed E-state index contributed by atoms with van der Waals surface area (Å²) >= 11 is 0. The summed E-state index contributed by atoms with van der Waals surface area (Å²) in [5.74, 6) is 0.830. The van der Waals surface area contributed by atoms with E-state index >= 15 is 0 Å². The number of hydrogen-bond acceptors (Lipinski definition) is 4. The van der Waals surface area contributed by atoms with Crippen LogP contribution in [-0.4, -0.2) is 27.5 Å². The summed E-state index contributed by atoms with van der Waals surface area (Å²) in [7, 11) is 0. The number of aliphatic hydroxyl groups is 1. The molecule has 5 heteroatoms. The Labute approximate surface area is 96.6 Å². The Hall–Kier alpha value is -1.23. The Morgan fingerprint density at radius 3 is 2.69 bits per heavy atom. The number of nitrogens with one attached hydrogen (secondary N) is 1. The van der Waals surface area contributed by atoms with Crippen LogP contribution in [0, 0.1) is 5.41 Å². The summed E-state index contributed by atoms with van der Waals surface area (Å²) in [5, 5.41) is 16.7. The van der Waals surface area contributed by atoms with Gasteiger partial charge in [0.25, 0.3) is 0 Å². The zero-order valence-electron chi connectivity index (χ0n) is 10.5. The van der Waals surface area contributed by atoms with Gasteiger partial charge < -0.3 is 16.2 Å². The van der Waals surface area contributed by atoms with E-state index in [-0.39, 0.29) is 12.0 Å². The van der Waals surface area contributed by atoms with Crippen LogP contribution in [-0.2, 0) is 6.54 Å². The summed E-state index contributed by atoms with van der Waals surface area (Å²) < 4.78 is 1.81. The van der Waals surface area contributed by atoms with E-state index < -0.39 is 0 Å². The van der Waals surface area contributed by atoms with Gasteiger partial charge in [-0.2, -0.15) is 5.10 Å². The van der Waals surface area contributed by atoms with E-state index in [9.17, 15) is 5.11 Å². The molecule has 1 heterocycles. The van der Waals surface area contributed by atoms with Gasteiger partial charge in [0.05, 0.1) is 18.4 Å². The number of rotatable bonds is 5. The number of anilines is 2. The molecule has 0 atom stereocenters. The van der Waals surface area contributed by atoms with Crippen molar-refractivity contribution in [3.05, 3.63) is 6.20 Å². The molecule has 0 aromatic carbocycles. The number of aromatic nitrogens is 2. The van der Waals surface area contributed by atoms with Gasteiger partial charge >= 0.3 is 0 Å². The van der Waals surface area contributed by atoms with Crippen LogP contribution in [0.15, 0.2) is 6.20 Å². The van der Waals surface area contributed by atoms with Crippen molar-refractivity contribution in [2.24, 2.45) is 5.41 Å². The van der Waals surface area contributed by atoms with Crippen molar-refractivity contribution in [3.63, 3.8) is 0 Å². The topological polar surface area (TPSA) is 76.1 Å². The molecule has 1 aromatic heterocycles. The maximum absolute atomic E-state index is 9.24. The van der Waals surface area contributed by atoms with Crippen molar-refractivity contribution >= 4 is 11.5 Å². The molecule has 0 aliphatic carbocycles. The Balaban J connectivity index is 2.88. The summed E-state index contributed by atoms with van der Waals surface area (Å²) in [6.45, 7) is 8.83. The lowest BCUT2D eigenvalue weighted by molar-refractivity contribution is 0.137. The van der Waals surface area contributed by atoms with Crippen LogP contribution in [0.1, 0.15) is 27.7 Å². The highest BCUT2D eigenvalue weighted by molar-refractivity contribution is 5.60. The molecule has 1 aromatic rings. The van der Waals surface area contributed by atoms with Gasteiger partial charge in [0.15, 0.2) is 0 Å². The fourth-order valence-electron chi connectivity index (χ4n) is 1.41. The Morgan fingerprint density at radius 2 is 2.19 bits per heavy atom. The van der Waals surface area contributed by atoms with Crippen LogP contribution in [0.3, 0.4) is 0 Å². The minimum absolute atomic E-state index is 0.119. The van der Waals surface area contributed by atoms with Gasteiger partial charge in [-0.25, -0.2) is 4.68 Å². The van der Waals surface area contributed by atoms with Crippen LogP contribution < -0.4 is 11.1 Å². The summed E-state index contributed by atoms with van der Waals surface area (Å²) in [6.07, 6.45) is 1.64. The highest BCUT2D eigenvalue weighted by atomic mass is 16.3. The molecule has 92 valence electrons. The van der Waals surface area contributed by atoms with Crippen molar-refractivity contribution in [1.82, 2.24) is 9.78 Å². The Kier molecular flexibility index (Phi) is 3.80. The van der Waals surface area contributed by atoms with Gasteiger partial charge in [0, 0.05) is 18.1 Å². The molecule has 0 saturated carbocycles. The molecule has 5 nitrogen and oxygen atoms in total. The quantitative estimate of drug-likeness (QED) is 0.707. The number of nitrogens with zero attached hydrogens (tertiary/aromatic N) is 2. The van der Waals surface area contributed by atoms with Crippen molar-refractivity contribution in [3.8, 4) is 0 Å². The van der Waals surface area contributed by atoms with Crippen LogP contribution in [0.25, 0.3) is 0 Å². The fraction of sp³-hybridized carbons (Fsp3) is 0.727. The molecule has 0 aliphatic rings. The molecule has 0 aliphatic heterocycles. The fourth-order valence-corrected chi connectivity index (χ4v) is 1.41.